The number of hydrogen-bond acceptors (Lipinski definition) is 0. The molecule has 24 heteroatoms. The van der Waals surface area contributed by atoms with Crippen LogP contribution in [0.25, 0.3) is 0 Å². The highest BCUT2D eigenvalue weighted by atomic mass is 19.4. The quantitative estimate of drug-likeness (QED) is 0.0575. The lowest BCUT2D eigenvalue weighted by atomic mass is 9.60. The normalized spacial score (nSPS) is 16.8. The average molecular weight is 1680 g/mol. The molecule has 0 nitrogen and oxygen atoms in total. The van der Waals surface area contributed by atoms with E-state index < -0.39 is 104 Å². The van der Waals surface area contributed by atoms with Crippen LogP contribution in [0.15, 0.2) is 0 Å². The van der Waals surface area contributed by atoms with E-state index in [4.69, 9.17) is 0 Å². The molecule has 0 aliphatic rings. The molecule has 0 amide bonds. The molecule has 0 saturated heterocycles. The summed E-state index contributed by atoms with van der Waals surface area (Å²) >= 11 is 0. The van der Waals surface area contributed by atoms with Crippen LogP contribution in [-0.2, 0) is 0 Å². The van der Waals surface area contributed by atoms with Crippen molar-refractivity contribution < 1.29 is 105 Å². The van der Waals surface area contributed by atoms with Gasteiger partial charge in [-0.2, -0.15) is 105 Å². The van der Waals surface area contributed by atoms with Gasteiger partial charge in [0.2, 0.25) is 0 Å². The van der Waals surface area contributed by atoms with Gasteiger partial charge in [0, 0.05) is 0 Å². The van der Waals surface area contributed by atoms with Crippen LogP contribution in [0.2, 0.25) is 0 Å². The second-order valence-electron chi connectivity index (χ2n) is 36.5. The molecule has 0 aliphatic carbocycles. The van der Waals surface area contributed by atoms with Gasteiger partial charge in [-0.1, -0.05) is 328 Å². The van der Waals surface area contributed by atoms with E-state index in [1.807, 2.05) is 132 Å². The highest BCUT2D eigenvalue weighted by Crippen LogP contribution is 2.60. The predicted molar refractivity (Wildman–Crippen MR) is 425 cm³/mol. The summed E-state index contributed by atoms with van der Waals surface area (Å²) in [5.41, 5.74) is -13.6. The number of hydrogen-bond donors (Lipinski definition) is 0. The monoisotopic (exact) mass is 1680 g/mol. The Morgan fingerprint density at radius 3 is 0.554 bits per heavy atom. The van der Waals surface area contributed by atoms with Crippen molar-refractivity contribution in [2.45, 2.75) is 448 Å². The van der Waals surface area contributed by atoms with Crippen molar-refractivity contribution in [1.29, 1.82) is 0 Å². The number of halogens is 24. The molecule has 0 heterocycles. The van der Waals surface area contributed by atoms with E-state index in [-0.39, 0.29) is 110 Å². The molecule has 0 saturated carbocycles. The van der Waals surface area contributed by atoms with Gasteiger partial charge in [-0.05, 0) is 147 Å². The van der Waals surface area contributed by atoms with E-state index >= 15 is 0 Å². The van der Waals surface area contributed by atoms with Crippen LogP contribution in [0.1, 0.15) is 398 Å². The van der Waals surface area contributed by atoms with Crippen molar-refractivity contribution in [2.75, 3.05) is 0 Å². The van der Waals surface area contributed by atoms with Gasteiger partial charge < -0.3 is 0 Å². The second-order valence-corrected chi connectivity index (χ2v) is 36.5. The van der Waals surface area contributed by atoms with Crippen molar-refractivity contribution in [2.24, 2.45) is 119 Å². The minimum absolute atomic E-state index is 0.0524. The molecular weight excluding hydrogens is 1510 g/mol. The maximum Gasteiger partial charge on any atom is 0.394 e. The molecular formula is C88H168F24. The van der Waals surface area contributed by atoms with Gasteiger partial charge in [-0.25, -0.2) is 0 Å². The van der Waals surface area contributed by atoms with Crippen LogP contribution < -0.4 is 0 Å². The fourth-order valence-corrected chi connectivity index (χ4v) is 17.7. The first-order valence-corrected chi connectivity index (χ1v) is 42.1. The third-order valence-corrected chi connectivity index (χ3v) is 27.9. The van der Waals surface area contributed by atoms with Gasteiger partial charge in [-0.3, -0.25) is 0 Å². The van der Waals surface area contributed by atoms with Crippen LogP contribution in [0.4, 0.5) is 105 Å². The zero-order valence-electron chi connectivity index (χ0n) is 77.6. The van der Waals surface area contributed by atoms with Gasteiger partial charge in [0.1, 0.15) is 0 Å². The summed E-state index contributed by atoms with van der Waals surface area (Å²) in [7, 11) is 0. The first-order chi connectivity index (χ1) is 49.6. The van der Waals surface area contributed by atoms with Crippen LogP contribution in [0.3, 0.4) is 0 Å². The summed E-state index contributed by atoms with van der Waals surface area (Å²) in [4.78, 5) is 0. The fraction of sp³-hybridized carbons (Fsp3) is 1.00. The lowest BCUT2D eigenvalue weighted by molar-refractivity contribution is -0.261. The third kappa shape index (κ3) is 33.7. The molecule has 0 radical (unpaired) electrons. The Bertz CT molecular complexity index is 2290. The maximum absolute atomic E-state index is 13.3. The van der Waals surface area contributed by atoms with Gasteiger partial charge in [0.05, 0.1) is 43.3 Å². The van der Waals surface area contributed by atoms with E-state index in [2.05, 4.69) is 0 Å². The first kappa shape index (κ1) is 126. The lowest BCUT2D eigenvalue weighted by Gasteiger charge is -2.47. The molecule has 0 aromatic rings. The Kier molecular flexibility index (Phi) is 56.8. The Morgan fingerprint density at radius 2 is 0.429 bits per heavy atom. The molecule has 0 N–H and O–H groups in total. The Morgan fingerprint density at radius 1 is 0.196 bits per heavy atom. The molecule has 0 rings (SSSR count). The van der Waals surface area contributed by atoms with E-state index in [1.165, 1.54) is 55.4 Å². The molecule has 688 valence electrons. The SMILES string of the molecule is CC(C)C(C)(C(C)C)C(F)(F)F.CCC(C)(C(C(C)C)C(C)C)C(F)(F)F.CCC(C)(CC)C(C)(CC)C(F)(F)F.CCC(CC)C(C)(C(C)C)C(F)(F)F.CCCC(C)(C(C(C)C)C(C)C)C(F)(F)F.CCCC(C)(C(CC)CC)C(F)(F)F.CCCC(C)(C(F)(F)F)C(C)(CC)CC.CCCC(C)(CCC)C(F)(F)F. The molecule has 0 aromatic carbocycles. The van der Waals surface area contributed by atoms with Crippen LogP contribution >= 0.6 is 0 Å². The molecule has 0 bridgehead atoms. The third-order valence-electron chi connectivity index (χ3n) is 27.9. The summed E-state index contributed by atoms with van der Waals surface area (Å²) in [6.07, 6.45) is -23.7. The minimum Gasteiger partial charge on any atom is -0.171 e. The molecule has 112 heavy (non-hydrogen) atoms. The van der Waals surface area contributed by atoms with E-state index in [0.717, 1.165) is 0 Å². The predicted octanol–water partition coefficient (Wildman–Crippen LogP) is 37.6. The summed E-state index contributed by atoms with van der Waals surface area (Å²) in [6.45, 7) is 66.2. The molecule has 6 atom stereocenters. The Labute approximate surface area is 670 Å². The average Bonchev–Trinajstić information content (AvgIpc) is 0.763. The lowest BCUT2D eigenvalue weighted by Crippen LogP contribution is -2.48. The van der Waals surface area contributed by atoms with Crippen molar-refractivity contribution in [3.05, 3.63) is 0 Å². The van der Waals surface area contributed by atoms with Gasteiger partial charge >= 0.3 is 49.4 Å². The van der Waals surface area contributed by atoms with Crippen molar-refractivity contribution in [3.63, 3.8) is 0 Å². The maximum atomic E-state index is 13.3. The van der Waals surface area contributed by atoms with Gasteiger partial charge in [0.15, 0.2) is 0 Å². The smallest absolute Gasteiger partial charge is 0.171 e. The Balaban J connectivity index is -0.000000184. The summed E-state index contributed by atoms with van der Waals surface area (Å²) in [5.74, 6) is -2.06. The highest BCUT2D eigenvalue weighted by Gasteiger charge is 2.63. The highest BCUT2D eigenvalue weighted by molar-refractivity contribution is 4.99. The van der Waals surface area contributed by atoms with Gasteiger partial charge in [0.25, 0.3) is 0 Å². The molecule has 6 unspecified atom stereocenters. The molecule has 0 aliphatic heterocycles. The van der Waals surface area contributed by atoms with Crippen LogP contribution in [0, 0.1) is 119 Å². The largest absolute Gasteiger partial charge is 0.394 e. The molecule has 0 fully saturated rings. The summed E-state index contributed by atoms with van der Waals surface area (Å²) in [5, 5.41) is 0. The number of alkyl halides is 24. The molecule has 0 aromatic heterocycles. The Hall–Kier alpha value is -1.68. The van der Waals surface area contributed by atoms with E-state index in [0.29, 0.717) is 83.5 Å². The topological polar surface area (TPSA) is 0 Å². The van der Waals surface area contributed by atoms with Crippen molar-refractivity contribution in [1.82, 2.24) is 0 Å². The summed E-state index contributed by atoms with van der Waals surface area (Å²) in [6, 6.07) is 0. The minimum atomic E-state index is -4.11. The second kappa shape index (κ2) is 50.5. The van der Waals surface area contributed by atoms with Gasteiger partial charge in [-0.15, -0.1) is 0 Å². The van der Waals surface area contributed by atoms with E-state index in [9.17, 15) is 105 Å². The first-order valence-electron chi connectivity index (χ1n) is 42.1. The summed E-state index contributed by atoms with van der Waals surface area (Å²) < 4.78 is 310. The van der Waals surface area contributed by atoms with Crippen LogP contribution in [0.5, 0.6) is 0 Å². The fourth-order valence-electron chi connectivity index (χ4n) is 17.7. The van der Waals surface area contributed by atoms with Crippen LogP contribution in [-0.4, -0.2) is 49.4 Å². The van der Waals surface area contributed by atoms with Crippen molar-refractivity contribution >= 4 is 0 Å². The zero-order chi connectivity index (χ0) is 92.5. The molecule has 0 spiro atoms. The zero-order valence-corrected chi connectivity index (χ0v) is 77.6. The number of rotatable bonds is 33. The van der Waals surface area contributed by atoms with Crippen molar-refractivity contribution in [3.8, 4) is 0 Å². The standard InChI is InChI=1S/C13H25F3.2C12H23F3.3C11H21F3.2C9H17F3/c1-7-8-12(6,13(14,15)16)11(9(2)3)10(4)5;1-7-11(6,12(13,14)15)10(8(2)3)9(4)5;1-6-9-11(5,12(13,14)15)10(4,7-2)8-3;1-6-9(4,7-2)10(5,8-3)11(12,13)14;1-6-9(7-2)10(5,8(3)4)11(12,13)14;1-5-8-10(4,11(12,13)14)9(6-2)7-3;1-6(2)8(5,7(3)4)9(10,11)12;1-4-6-8(3,7-5-2)9(10,11)12/h9-11H,7-8H2,1-6H3;8-10H,7H2,1-6H3;6-9H2,1-5H3;6-8H2,1-5H3;8-9H,6-7H2,1-5H3;9H,5-8H2,1-4H3;6-7H,1-5H3;4-7H2,1-3H3. The van der Waals surface area contributed by atoms with E-state index in [1.54, 1.807) is 83.1 Å².